The van der Waals surface area contributed by atoms with Gasteiger partial charge < -0.3 is 4.98 Å². The second-order valence-electron chi connectivity index (χ2n) is 5.44. The first kappa shape index (κ1) is 13.3. The number of imidazole rings is 1. The van der Waals surface area contributed by atoms with Crippen LogP contribution in [0.2, 0.25) is 0 Å². The molecule has 2 unspecified atom stereocenters. The van der Waals surface area contributed by atoms with Gasteiger partial charge in [0.2, 0.25) is 0 Å². The predicted molar refractivity (Wildman–Crippen MR) is 80.9 cm³/mol. The summed E-state index contributed by atoms with van der Waals surface area (Å²) in [5.74, 6) is 0. The van der Waals surface area contributed by atoms with Gasteiger partial charge in [0.05, 0.1) is 23.9 Å². The van der Waals surface area contributed by atoms with Gasteiger partial charge in [-0.25, -0.2) is 4.98 Å². The Kier molecular flexibility index (Phi) is 3.36. The molecular weight excluding hydrogens is 272 g/mol. The van der Waals surface area contributed by atoms with Gasteiger partial charge in [0.15, 0.2) is 0 Å². The zero-order valence-corrected chi connectivity index (χ0v) is 11.9. The van der Waals surface area contributed by atoms with Crippen LogP contribution in [0.5, 0.6) is 0 Å². The Labute approximate surface area is 124 Å². The van der Waals surface area contributed by atoms with Crippen LogP contribution < -0.4 is 0 Å². The first-order valence-electron chi connectivity index (χ1n) is 6.71. The van der Waals surface area contributed by atoms with Gasteiger partial charge in [-0.15, -0.1) is 12.4 Å². The minimum Gasteiger partial charge on any atom is -0.343 e. The van der Waals surface area contributed by atoms with E-state index in [1.807, 2.05) is 6.20 Å². The third kappa shape index (κ3) is 2.05. The SMILES string of the molecule is C1=CC2(c3ccc(-c4cnc[nH]4)nc3)CCN(C1)C2.Cl. The van der Waals surface area contributed by atoms with E-state index in [2.05, 4.69) is 44.1 Å². The number of aromatic amines is 1. The molecule has 2 aromatic heterocycles. The largest absolute Gasteiger partial charge is 0.343 e. The molecule has 2 aliphatic heterocycles. The Morgan fingerprint density at radius 3 is 2.95 bits per heavy atom. The number of pyridine rings is 1. The fourth-order valence-corrected chi connectivity index (χ4v) is 3.21. The van der Waals surface area contributed by atoms with E-state index < -0.39 is 0 Å². The quantitative estimate of drug-likeness (QED) is 0.863. The van der Waals surface area contributed by atoms with Crippen LogP contribution in [0.4, 0.5) is 0 Å². The summed E-state index contributed by atoms with van der Waals surface area (Å²) >= 11 is 0. The molecule has 4 heterocycles. The van der Waals surface area contributed by atoms with E-state index in [0.29, 0.717) is 0 Å². The maximum absolute atomic E-state index is 4.58. The summed E-state index contributed by atoms with van der Waals surface area (Å²) in [6, 6.07) is 4.30. The number of hydrogen-bond donors (Lipinski definition) is 1. The number of halogens is 1. The van der Waals surface area contributed by atoms with Crippen LogP contribution in [0.1, 0.15) is 12.0 Å². The molecule has 0 spiro atoms. The average molecular weight is 289 g/mol. The van der Waals surface area contributed by atoms with Gasteiger partial charge in [-0.3, -0.25) is 9.88 Å². The van der Waals surface area contributed by atoms with E-state index in [4.69, 9.17) is 0 Å². The fourth-order valence-electron chi connectivity index (χ4n) is 3.21. The molecule has 0 radical (unpaired) electrons. The van der Waals surface area contributed by atoms with Crippen molar-refractivity contribution in [3.05, 3.63) is 48.6 Å². The van der Waals surface area contributed by atoms with Crippen LogP contribution in [0.3, 0.4) is 0 Å². The number of H-pyrrole nitrogens is 1. The molecule has 0 aromatic carbocycles. The molecule has 2 aromatic rings. The van der Waals surface area contributed by atoms with Crippen molar-refractivity contribution in [1.29, 1.82) is 0 Å². The van der Waals surface area contributed by atoms with Crippen molar-refractivity contribution in [1.82, 2.24) is 19.9 Å². The highest BCUT2D eigenvalue weighted by molar-refractivity contribution is 5.85. The lowest BCUT2D eigenvalue weighted by Gasteiger charge is -2.29. The standard InChI is InChI=1S/C15H16N4.ClH/c1-4-15(5-7-19(6-1)10-15)12-2-3-13(17-8-12)14-9-16-11-18-14;/h1-4,8-9,11H,5-7,10H2,(H,16,18);1H. The van der Waals surface area contributed by atoms with E-state index in [-0.39, 0.29) is 17.8 Å². The van der Waals surface area contributed by atoms with Crippen LogP contribution in [-0.2, 0) is 5.41 Å². The highest BCUT2D eigenvalue weighted by Crippen LogP contribution is 2.38. The molecule has 2 atom stereocenters. The smallest absolute Gasteiger partial charge is 0.0924 e. The van der Waals surface area contributed by atoms with Gasteiger partial charge >= 0.3 is 0 Å². The predicted octanol–water partition coefficient (Wildman–Crippen LogP) is 2.41. The highest BCUT2D eigenvalue weighted by Gasteiger charge is 2.39. The van der Waals surface area contributed by atoms with Crippen LogP contribution in [0.25, 0.3) is 11.4 Å². The van der Waals surface area contributed by atoms with Crippen LogP contribution in [0.15, 0.2) is 43.0 Å². The highest BCUT2D eigenvalue weighted by atomic mass is 35.5. The van der Waals surface area contributed by atoms with Crippen LogP contribution in [-0.4, -0.2) is 39.5 Å². The first-order chi connectivity index (χ1) is 9.36. The summed E-state index contributed by atoms with van der Waals surface area (Å²) in [5, 5.41) is 0. The maximum atomic E-state index is 4.58. The summed E-state index contributed by atoms with van der Waals surface area (Å²) in [6.07, 6.45) is 11.4. The molecule has 0 amide bonds. The Balaban J connectivity index is 0.00000121. The molecular formula is C15H17ClN4. The zero-order chi connectivity index (χ0) is 12.7. The van der Waals surface area contributed by atoms with E-state index in [1.165, 1.54) is 18.5 Å². The second kappa shape index (κ2) is 5.04. The van der Waals surface area contributed by atoms with E-state index in [9.17, 15) is 0 Å². The molecule has 1 N–H and O–H groups in total. The summed E-state index contributed by atoms with van der Waals surface area (Å²) in [4.78, 5) is 14.2. The normalized spacial score (nSPS) is 27.3. The van der Waals surface area contributed by atoms with Crippen molar-refractivity contribution in [2.75, 3.05) is 19.6 Å². The molecule has 0 aliphatic carbocycles. The Hall–Kier alpha value is -1.65. The van der Waals surface area contributed by atoms with Crippen molar-refractivity contribution in [3.63, 3.8) is 0 Å². The lowest BCUT2D eigenvalue weighted by molar-refractivity contribution is 0.345. The number of nitrogens with zero attached hydrogens (tertiary/aromatic N) is 3. The molecule has 2 bridgehead atoms. The summed E-state index contributed by atoms with van der Waals surface area (Å²) < 4.78 is 0. The summed E-state index contributed by atoms with van der Waals surface area (Å²) in [7, 11) is 0. The molecule has 1 saturated heterocycles. The maximum Gasteiger partial charge on any atom is 0.0924 e. The summed E-state index contributed by atoms with van der Waals surface area (Å²) in [6.45, 7) is 3.42. The molecule has 20 heavy (non-hydrogen) atoms. The van der Waals surface area contributed by atoms with Crippen molar-refractivity contribution >= 4 is 12.4 Å². The number of aromatic nitrogens is 3. The third-order valence-corrected chi connectivity index (χ3v) is 4.29. The lowest BCUT2D eigenvalue weighted by atomic mass is 9.79. The molecule has 4 rings (SSSR count). The molecule has 5 heteroatoms. The molecule has 0 saturated carbocycles. The van der Waals surface area contributed by atoms with Gasteiger partial charge in [0.1, 0.15) is 0 Å². The Morgan fingerprint density at radius 1 is 1.25 bits per heavy atom. The van der Waals surface area contributed by atoms with Gasteiger partial charge in [-0.2, -0.15) is 0 Å². The monoisotopic (exact) mass is 288 g/mol. The minimum absolute atomic E-state index is 0. The van der Waals surface area contributed by atoms with Crippen LogP contribution >= 0.6 is 12.4 Å². The van der Waals surface area contributed by atoms with Crippen LogP contribution in [0, 0.1) is 0 Å². The summed E-state index contributed by atoms with van der Waals surface area (Å²) in [5.41, 5.74) is 3.44. The van der Waals surface area contributed by atoms with Gasteiger partial charge in [0.25, 0.3) is 0 Å². The fraction of sp³-hybridized carbons (Fsp3) is 0.333. The molecule has 1 fully saturated rings. The molecule has 104 valence electrons. The van der Waals surface area contributed by atoms with Gasteiger partial charge in [-0.05, 0) is 24.6 Å². The zero-order valence-electron chi connectivity index (χ0n) is 11.1. The third-order valence-electron chi connectivity index (χ3n) is 4.29. The van der Waals surface area contributed by atoms with Gasteiger partial charge in [0, 0.05) is 24.7 Å². The van der Waals surface area contributed by atoms with Crippen molar-refractivity contribution in [3.8, 4) is 11.4 Å². The number of nitrogens with one attached hydrogen (secondary N) is 1. The van der Waals surface area contributed by atoms with Crippen molar-refractivity contribution in [2.45, 2.75) is 11.8 Å². The molecule has 4 nitrogen and oxygen atoms in total. The Morgan fingerprint density at radius 2 is 2.20 bits per heavy atom. The number of fused-ring (bicyclic) bond motifs is 2. The first-order valence-corrected chi connectivity index (χ1v) is 6.71. The number of rotatable bonds is 2. The van der Waals surface area contributed by atoms with E-state index in [1.54, 1.807) is 12.5 Å². The topological polar surface area (TPSA) is 44.8 Å². The van der Waals surface area contributed by atoms with Crippen molar-refractivity contribution in [2.24, 2.45) is 0 Å². The van der Waals surface area contributed by atoms with E-state index in [0.717, 1.165) is 24.5 Å². The van der Waals surface area contributed by atoms with Crippen molar-refractivity contribution < 1.29 is 0 Å². The van der Waals surface area contributed by atoms with Gasteiger partial charge in [-0.1, -0.05) is 18.2 Å². The minimum atomic E-state index is 0. The average Bonchev–Trinajstić information content (AvgIpc) is 3.09. The lowest BCUT2D eigenvalue weighted by Crippen LogP contribution is -2.33. The number of hydrogen-bond acceptors (Lipinski definition) is 3. The van der Waals surface area contributed by atoms with E-state index >= 15 is 0 Å². The molecule has 2 aliphatic rings. The Bertz CT molecular complexity index is 605. The second-order valence-corrected chi connectivity index (χ2v) is 5.44.